The van der Waals surface area contributed by atoms with Gasteiger partial charge in [-0.2, -0.15) is 0 Å². The lowest BCUT2D eigenvalue weighted by Crippen LogP contribution is -2.42. The zero-order valence-electron chi connectivity index (χ0n) is 6.81. The number of carbonyl (C=O) groups is 1. The molecule has 0 spiro atoms. The van der Waals surface area contributed by atoms with Crippen molar-refractivity contribution in [3.8, 4) is 0 Å². The monoisotopic (exact) mass is 142 g/mol. The van der Waals surface area contributed by atoms with Crippen LogP contribution in [0.4, 0.5) is 0 Å². The third-order valence-corrected chi connectivity index (χ3v) is 1.95. The van der Waals surface area contributed by atoms with Crippen LogP contribution in [-0.4, -0.2) is 17.5 Å². The summed E-state index contributed by atoms with van der Waals surface area (Å²) in [4.78, 5) is 11.1. The Morgan fingerprint density at radius 2 is 2.20 bits per heavy atom. The molecule has 1 aliphatic heterocycles. The van der Waals surface area contributed by atoms with Crippen LogP contribution in [-0.2, 0) is 9.53 Å². The highest BCUT2D eigenvalue weighted by atomic mass is 16.5. The maximum absolute atomic E-state index is 11.1. The van der Waals surface area contributed by atoms with Crippen LogP contribution in [0.3, 0.4) is 0 Å². The van der Waals surface area contributed by atoms with Crippen molar-refractivity contribution < 1.29 is 9.53 Å². The first-order valence-corrected chi connectivity index (χ1v) is 3.73. The summed E-state index contributed by atoms with van der Waals surface area (Å²) >= 11 is 0. The van der Waals surface area contributed by atoms with Gasteiger partial charge < -0.3 is 4.74 Å². The summed E-state index contributed by atoms with van der Waals surface area (Å²) in [6, 6.07) is 0. The molecule has 0 bridgehead atoms. The lowest BCUT2D eigenvalue weighted by molar-refractivity contribution is -0.156. The highest BCUT2D eigenvalue weighted by Crippen LogP contribution is 2.24. The van der Waals surface area contributed by atoms with E-state index in [9.17, 15) is 4.79 Å². The molecule has 0 amide bonds. The van der Waals surface area contributed by atoms with Gasteiger partial charge in [0.1, 0.15) is 5.60 Å². The molecule has 1 unspecified atom stereocenters. The van der Waals surface area contributed by atoms with Gasteiger partial charge in [-0.1, -0.05) is 0 Å². The van der Waals surface area contributed by atoms with Gasteiger partial charge in [0.05, 0.1) is 6.10 Å². The van der Waals surface area contributed by atoms with Crippen molar-refractivity contribution in [3.05, 3.63) is 0 Å². The Morgan fingerprint density at radius 1 is 1.60 bits per heavy atom. The smallest absolute Gasteiger partial charge is 0.164 e. The van der Waals surface area contributed by atoms with Crippen LogP contribution in [0.5, 0.6) is 0 Å². The molecular formula is C8H14O2. The third-order valence-electron chi connectivity index (χ3n) is 1.95. The first kappa shape index (κ1) is 7.73. The fourth-order valence-electron chi connectivity index (χ4n) is 1.26. The molecule has 0 aromatic rings. The minimum Gasteiger partial charge on any atom is -0.365 e. The summed E-state index contributed by atoms with van der Waals surface area (Å²) < 4.78 is 5.44. The van der Waals surface area contributed by atoms with Crippen LogP contribution in [0.25, 0.3) is 0 Å². The minimum atomic E-state index is -0.530. The van der Waals surface area contributed by atoms with E-state index in [4.69, 9.17) is 4.74 Å². The van der Waals surface area contributed by atoms with Gasteiger partial charge >= 0.3 is 0 Å². The summed E-state index contributed by atoms with van der Waals surface area (Å²) in [5.74, 6) is 0.227. The number of ketones is 1. The van der Waals surface area contributed by atoms with Crippen LogP contribution in [0.2, 0.25) is 0 Å². The highest BCUT2D eigenvalue weighted by molar-refractivity contribution is 5.87. The van der Waals surface area contributed by atoms with Gasteiger partial charge in [-0.15, -0.1) is 0 Å². The molecule has 0 aromatic heterocycles. The van der Waals surface area contributed by atoms with E-state index in [1.54, 1.807) is 0 Å². The van der Waals surface area contributed by atoms with Crippen LogP contribution < -0.4 is 0 Å². The van der Waals surface area contributed by atoms with Crippen molar-refractivity contribution in [2.45, 2.75) is 45.3 Å². The summed E-state index contributed by atoms with van der Waals surface area (Å²) in [6.07, 6.45) is 1.80. The molecular weight excluding hydrogens is 128 g/mol. The first-order valence-electron chi connectivity index (χ1n) is 3.73. The molecule has 1 fully saturated rings. The average Bonchev–Trinajstić information content (AvgIpc) is 1.78. The number of ether oxygens (including phenoxy) is 1. The van der Waals surface area contributed by atoms with Gasteiger partial charge in [0.2, 0.25) is 0 Å². The first-order chi connectivity index (χ1) is 4.52. The molecule has 0 aliphatic carbocycles. The standard InChI is InChI=1S/C8H14O2/c1-6-4-5-7(9)8(2,3)10-6/h6H,4-5H2,1-3H3. The Bertz CT molecular complexity index is 149. The van der Waals surface area contributed by atoms with E-state index in [0.717, 1.165) is 6.42 Å². The summed E-state index contributed by atoms with van der Waals surface area (Å²) in [6.45, 7) is 5.68. The van der Waals surface area contributed by atoms with E-state index in [1.165, 1.54) is 0 Å². The van der Waals surface area contributed by atoms with E-state index in [2.05, 4.69) is 0 Å². The second-order valence-electron chi connectivity index (χ2n) is 3.40. The van der Waals surface area contributed by atoms with Crippen LogP contribution in [0.1, 0.15) is 33.6 Å². The summed E-state index contributed by atoms with van der Waals surface area (Å²) in [7, 11) is 0. The maximum atomic E-state index is 11.1. The highest BCUT2D eigenvalue weighted by Gasteiger charge is 2.34. The summed E-state index contributed by atoms with van der Waals surface area (Å²) in [5.41, 5.74) is -0.530. The molecule has 1 heterocycles. The minimum absolute atomic E-state index is 0.227. The molecule has 10 heavy (non-hydrogen) atoms. The molecule has 0 radical (unpaired) electrons. The van der Waals surface area contributed by atoms with E-state index in [0.29, 0.717) is 6.42 Å². The molecule has 1 aliphatic rings. The molecule has 1 atom stereocenters. The SMILES string of the molecule is CC1CCC(=O)C(C)(C)O1. The topological polar surface area (TPSA) is 26.3 Å². The van der Waals surface area contributed by atoms with Gasteiger partial charge in [-0.05, 0) is 27.2 Å². The number of carbonyl (C=O) groups excluding carboxylic acids is 1. The zero-order valence-corrected chi connectivity index (χ0v) is 6.81. The van der Waals surface area contributed by atoms with Crippen LogP contribution in [0.15, 0.2) is 0 Å². The van der Waals surface area contributed by atoms with E-state index >= 15 is 0 Å². The molecule has 2 heteroatoms. The number of hydrogen-bond donors (Lipinski definition) is 0. The quantitative estimate of drug-likeness (QED) is 0.512. The molecule has 2 nitrogen and oxygen atoms in total. The van der Waals surface area contributed by atoms with Crippen LogP contribution in [0, 0.1) is 0 Å². The van der Waals surface area contributed by atoms with E-state index in [-0.39, 0.29) is 11.9 Å². The number of hydrogen-bond acceptors (Lipinski definition) is 2. The van der Waals surface area contributed by atoms with Crippen molar-refractivity contribution in [2.24, 2.45) is 0 Å². The molecule has 0 saturated carbocycles. The van der Waals surface area contributed by atoms with Crippen LogP contribution >= 0.6 is 0 Å². The second-order valence-corrected chi connectivity index (χ2v) is 3.40. The largest absolute Gasteiger partial charge is 0.365 e. The molecule has 0 N–H and O–H groups in total. The Balaban J connectivity index is 2.63. The number of Topliss-reactive ketones (excluding diaryl/α,β-unsaturated/α-hetero) is 1. The molecule has 58 valence electrons. The van der Waals surface area contributed by atoms with Gasteiger partial charge in [-0.25, -0.2) is 0 Å². The Hall–Kier alpha value is -0.370. The van der Waals surface area contributed by atoms with Crippen molar-refractivity contribution >= 4 is 5.78 Å². The van der Waals surface area contributed by atoms with Crippen molar-refractivity contribution in [2.75, 3.05) is 0 Å². The average molecular weight is 142 g/mol. The van der Waals surface area contributed by atoms with Gasteiger partial charge in [0.15, 0.2) is 5.78 Å². The maximum Gasteiger partial charge on any atom is 0.164 e. The predicted molar refractivity (Wildman–Crippen MR) is 38.9 cm³/mol. The second kappa shape index (κ2) is 2.35. The Morgan fingerprint density at radius 3 is 2.60 bits per heavy atom. The van der Waals surface area contributed by atoms with Crippen molar-refractivity contribution in [3.63, 3.8) is 0 Å². The Labute approximate surface area is 61.6 Å². The third kappa shape index (κ3) is 1.37. The fraction of sp³-hybridized carbons (Fsp3) is 0.875. The fourth-order valence-corrected chi connectivity index (χ4v) is 1.26. The van der Waals surface area contributed by atoms with E-state index in [1.807, 2.05) is 20.8 Å². The van der Waals surface area contributed by atoms with Crippen molar-refractivity contribution in [1.29, 1.82) is 0 Å². The lowest BCUT2D eigenvalue weighted by Gasteiger charge is -2.32. The Kier molecular flexibility index (Phi) is 1.82. The van der Waals surface area contributed by atoms with Gasteiger partial charge in [0, 0.05) is 6.42 Å². The summed E-state index contributed by atoms with van der Waals surface area (Å²) in [5, 5.41) is 0. The molecule has 0 aromatic carbocycles. The molecule has 1 rings (SSSR count). The number of rotatable bonds is 0. The molecule has 1 saturated heterocycles. The van der Waals surface area contributed by atoms with E-state index < -0.39 is 5.60 Å². The van der Waals surface area contributed by atoms with Gasteiger partial charge in [0.25, 0.3) is 0 Å². The lowest BCUT2D eigenvalue weighted by atomic mass is 9.94. The zero-order chi connectivity index (χ0) is 7.78. The van der Waals surface area contributed by atoms with Crippen molar-refractivity contribution in [1.82, 2.24) is 0 Å². The van der Waals surface area contributed by atoms with Gasteiger partial charge in [-0.3, -0.25) is 4.79 Å². The normalized spacial score (nSPS) is 32.3. The predicted octanol–water partition coefficient (Wildman–Crippen LogP) is 1.53.